The van der Waals surface area contributed by atoms with Gasteiger partial charge in [-0.15, -0.1) is 0 Å². The van der Waals surface area contributed by atoms with Crippen molar-refractivity contribution in [2.75, 3.05) is 13.2 Å². The normalized spacial score (nSPS) is 21.4. The average Bonchev–Trinajstić information content (AvgIpc) is 2.80. The maximum Gasteiger partial charge on any atom is 0.0597 e. The van der Waals surface area contributed by atoms with E-state index in [9.17, 15) is 0 Å². The van der Waals surface area contributed by atoms with Gasteiger partial charge in [-0.3, -0.25) is 0 Å². The molecule has 0 aromatic carbocycles. The Morgan fingerprint density at radius 3 is 1.20 bits per heavy atom. The van der Waals surface area contributed by atoms with Crippen LogP contribution in [0.4, 0.5) is 0 Å². The highest BCUT2D eigenvalue weighted by Gasteiger charge is 2.18. The molecule has 0 aromatic heterocycles. The number of rotatable bonds is 26. The van der Waals surface area contributed by atoms with Crippen molar-refractivity contribution in [2.24, 2.45) is 0 Å². The van der Waals surface area contributed by atoms with E-state index in [1.165, 1.54) is 154 Å². The topological polar surface area (TPSA) is 27.7 Å². The molecule has 3 nitrogen and oxygen atoms in total. The van der Waals surface area contributed by atoms with Crippen molar-refractivity contribution in [3.05, 3.63) is 0 Å². The summed E-state index contributed by atoms with van der Waals surface area (Å²) in [7, 11) is 0. The summed E-state index contributed by atoms with van der Waals surface area (Å²) in [5.41, 5.74) is 0. The molecule has 4 unspecified atom stereocenters. The standard InChI is InChI=1S/C32H62O3/c1-3-5-19-31(23-17-13-9-7-11-15-21-29-25-27-33-29)35-32(20-6-4-2)24-18-14-10-8-12-16-22-30-26-28-34-30/h29-32H,3-28H2,1-2H3. The van der Waals surface area contributed by atoms with Crippen LogP contribution in [0.1, 0.15) is 168 Å². The molecule has 3 heteroatoms. The molecule has 0 bridgehead atoms. The summed E-state index contributed by atoms with van der Waals surface area (Å²) in [5, 5.41) is 0. The third kappa shape index (κ3) is 16.4. The molecule has 0 N–H and O–H groups in total. The minimum atomic E-state index is 0.501. The molecule has 4 atom stereocenters. The zero-order chi connectivity index (χ0) is 24.8. The van der Waals surface area contributed by atoms with E-state index in [4.69, 9.17) is 14.2 Å². The van der Waals surface area contributed by atoms with Crippen LogP contribution in [0, 0.1) is 0 Å². The van der Waals surface area contributed by atoms with Crippen LogP contribution < -0.4 is 0 Å². The van der Waals surface area contributed by atoms with Crippen LogP contribution in [0.2, 0.25) is 0 Å². The first kappa shape index (κ1) is 31.1. The van der Waals surface area contributed by atoms with Crippen molar-refractivity contribution in [3.63, 3.8) is 0 Å². The molecule has 0 aromatic rings. The molecule has 2 saturated heterocycles. The first-order chi connectivity index (χ1) is 17.3. The number of hydrogen-bond acceptors (Lipinski definition) is 3. The minimum absolute atomic E-state index is 0.501. The van der Waals surface area contributed by atoms with Gasteiger partial charge in [-0.1, -0.05) is 117 Å². The quantitative estimate of drug-likeness (QED) is 0.112. The Hall–Kier alpha value is -0.120. The van der Waals surface area contributed by atoms with Gasteiger partial charge in [0.25, 0.3) is 0 Å². The van der Waals surface area contributed by atoms with E-state index in [0.717, 1.165) is 13.2 Å². The van der Waals surface area contributed by atoms with Gasteiger partial charge in [0.05, 0.1) is 24.4 Å². The zero-order valence-electron chi connectivity index (χ0n) is 23.9. The van der Waals surface area contributed by atoms with Crippen molar-refractivity contribution in [1.82, 2.24) is 0 Å². The van der Waals surface area contributed by atoms with Gasteiger partial charge in [0.15, 0.2) is 0 Å². The van der Waals surface area contributed by atoms with E-state index in [0.29, 0.717) is 24.4 Å². The van der Waals surface area contributed by atoms with Gasteiger partial charge in [-0.2, -0.15) is 0 Å². The smallest absolute Gasteiger partial charge is 0.0597 e. The molecule has 2 aliphatic rings. The maximum absolute atomic E-state index is 6.81. The van der Waals surface area contributed by atoms with Gasteiger partial charge in [0.2, 0.25) is 0 Å². The Kier molecular flexibility index (Phi) is 19.5. The molecule has 0 amide bonds. The molecule has 208 valence electrons. The van der Waals surface area contributed by atoms with E-state index in [1.54, 1.807) is 0 Å². The van der Waals surface area contributed by atoms with Crippen molar-refractivity contribution in [3.8, 4) is 0 Å². The molecule has 0 radical (unpaired) electrons. The van der Waals surface area contributed by atoms with Crippen molar-refractivity contribution in [2.45, 2.75) is 192 Å². The summed E-state index contributed by atoms with van der Waals surface area (Å²) in [6.45, 7) is 6.64. The minimum Gasteiger partial charge on any atom is -0.378 e. The lowest BCUT2D eigenvalue weighted by Crippen LogP contribution is -2.26. The molecule has 2 aliphatic heterocycles. The van der Waals surface area contributed by atoms with Crippen LogP contribution >= 0.6 is 0 Å². The SMILES string of the molecule is CCCCC(CCCCCCCCC1CCO1)OC(CCCC)CCCCCCCCC1CCO1. The van der Waals surface area contributed by atoms with E-state index < -0.39 is 0 Å². The highest BCUT2D eigenvalue weighted by molar-refractivity contribution is 4.68. The van der Waals surface area contributed by atoms with Crippen LogP contribution in [0.3, 0.4) is 0 Å². The molecule has 2 fully saturated rings. The van der Waals surface area contributed by atoms with Crippen molar-refractivity contribution < 1.29 is 14.2 Å². The number of unbranched alkanes of at least 4 members (excludes halogenated alkanes) is 12. The predicted octanol–water partition coefficient (Wildman–Crippen LogP) is 9.94. The van der Waals surface area contributed by atoms with Crippen molar-refractivity contribution in [1.29, 1.82) is 0 Å². The highest BCUT2D eigenvalue weighted by atomic mass is 16.5. The summed E-state index contributed by atoms with van der Waals surface area (Å²) in [4.78, 5) is 0. The second-order valence-electron chi connectivity index (χ2n) is 11.6. The average molecular weight is 495 g/mol. The summed E-state index contributed by atoms with van der Waals surface area (Å²) in [6, 6.07) is 0. The summed E-state index contributed by atoms with van der Waals surface area (Å²) < 4.78 is 17.9. The molecular formula is C32H62O3. The molecular weight excluding hydrogens is 432 g/mol. The van der Waals surface area contributed by atoms with Gasteiger partial charge < -0.3 is 14.2 Å². The fourth-order valence-corrected chi connectivity index (χ4v) is 5.62. The Labute approximate surface area is 219 Å². The molecule has 2 rings (SSSR count). The molecule has 0 aliphatic carbocycles. The molecule has 35 heavy (non-hydrogen) atoms. The lowest BCUT2D eigenvalue weighted by atomic mass is 10.00. The van der Waals surface area contributed by atoms with Gasteiger partial charge in [-0.05, 0) is 51.4 Å². The lowest BCUT2D eigenvalue weighted by Gasteiger charge is -2.26. The fraction of sp³-hybridized carbons (Fsp3) is 1.00. The summed E-state index contributed by atoms with van der Waals surface area (Å²) in [5.74, 6) is 0. The second kappa shape index (κ2) is 21.9. The first-order valence-corrected chi connectivity index (χ1v) is 16.2. The maximum atomic E-state index is 6.81. The monoisotopic (exact) mass is 494 g/mol. The third-order valence-electron chi connectivity index (χ3n) is 8.34. The van der Waals surface area contributed by atoms with Gasteiger partial charge in [-0.25, -0.2) is 0 Å². The van der Waals surface area contributed by atoms with E-state index in [2.05, 4.69) is 13.8 Å². The van der Waals surface area contributed by atoms with Crippen LogP contribution in [0.5, 0.6) is 0 Å². The van der Waals surface area contributed by atoms with Crippen LogP contribution in [0.25, 0.3) is 0 Å². The van der Waals surface area contributed by atoms with E-state index >= 15 is 0 Å². The van der Waals surface area contributed by atoms with Crippen LogP contribution in [-0.4, -0.2) is 37.6 Å². The molecule has 2 heterocycles. The molecule has 0 saturated carbocycles. The van der Waals surface area contributed by atoms with Crippen LogP contribution in [-0.2, 0) is 14.2 Å². The van der Waals surface area contributed by atoms with Crippen molar-refractivity contribution >= 4 is 0 Å². The van der Waals surface area contributed by atoms with Gasteiger partial charge >= 0.3 is 0 Å². The van der Waals surface area contributed by atoms with Gasteiger partial charge in [0, 0.05) is 13.2 Å². The largest absolute Gasteiger partial charge is 0.378 e. The Balaban J connectivity index is 1.52. The number of hydrogen-bond donors (Lipinski definition) is 0. The Morgan fingerprint density at radius 2 is 0.857 bits per heavy atom. The summed E-state index contributed by atoms with van der Waals surface area (Å²) in [6.07, 6.45) is 34.3. The molecule has 0 spiro atoms. The Morgan fingerprint density at radius 1 is 0.514 bits per heavy atom. The number of ether oxygens (including phenoxy) is 3. The lowest BCUT2D eigenvalue weighted by molar-refractivity contribution is -0.0557. The zero-order valence-corrected chi connectivity index (χ0v) is 23.9. The van der Waals surface area contributed by atoms with Gasteiger partial charge in [0.1, 0.15) is 0 Å². The van der Waals surface area contributed by atoms with Crippen LogP contribution in [0.15, 0.2) is 0 Å². The fourth-order valence-electron chi connectivity index (χ4n) is 5.62. The highest BCUT2D eigenvalue weighted by Crippen LogP contribution is 2.23. The first-order valence-electron chi connectivity index (χ1n) is 16.2. The summed E-state index contributed by atoms with van der Waals surface area (Å²) >= 11 is 0. The van der Waals surface area contributed by atoms with E-state index in [-0.39, 0.29) is 0 Å². The third-order valence-corrected chi connectivity index (χ3v) is 8.34. The second-order valence-corrected chi connectivity index (χ2v) is 11.6. The predicted molar refractivity (Wildman–Crippen MR) is 150 cm³/mol. The van der Waals surface area contributed by atoms with E-state index in [1.807, 2.05) is 0 Å². The Bertz CT molecular complexity index is 406.